The van der Waals surface area contributed by atoms with Crippen molar-refractivity contribution in [1.29, 1.82) is 0 Å². The van der Waals surface area contributed by atoms with Gasteiger partial charge in [0.15, 0.2) is 24.6 Å². The molecule has 1 aliphatic rings. The number of aromatic nitrogens is 2. The SMILES string of the molecule is CC(=O)OC[C@H]1O[C@H]([n+]2ccc3c(C)c4[nH]c5ccc(OC(C)=O)cc5c4c(C)c3c2)[C@@H](OC(C)=O)[C@@H](OC(C)=O)[C@@H]1OC(C)=O.[Br-]. The Hall–Kier alpha value is -4.56. The van der Waals surface area contributed by atoms with Crippen molar-refractivity contribution in [2.24, 2.45) is 0 Å². The summed E-state index contributed by atoms with van der Waals surface area (Å²) < 4.78 is 35.4. The maximum Gasteiger partial charge on any atom is 0.308 e. The topological polar surface area (TPSA) is 160 Å². The van der Waals surface area contributed by atoms with Gasteiger partial charge in [0.25, 0.3) is 0 Å². The van der Waals surface area contributed by atoms with Crippen LogP contribution in [0.2, 0.25) is 0 Å². The molecule has 13 nitrogen and oxygen atoms in total. The molecule has 2 aromatic carbocycles. The first-order valence-electron chi connectivity index (χ1n) is 14.6. The van der Waals surface area contributed by atoms with E-state index >= 15 is 0 Å². The molecule has 1 saturated heterocycles. The molecule has 0 spiro atoms. The van der Waals surface area contributed by atoms with Gasteiger partial charge >= 0.3 is 36.1 Å². The lowest BCUT2D eigenvalue weighted by molar-refractivity contribution is -0.776. The second-order valence-electron chi connectivity index (χ2n) is 11.2. The lowest BCUT2D eigenvalue weighted by Crippen LogP contribution is -3.00. The first-order chi connectivity index (χ1) is 21.7. The van der Waals surface area contributed by atoms with Crippen LogP contribution in [0.1, 0.15) is 52.0 Å². The molecule has 250 valence electrons. The predicted molar refractivity (Wildman–Crippen MR) is 161 cm³/mol. The molecule has 1 fully saturated rings. The van der Waals surface area contributed by atoms with Crippen LogP contribution in [0.15, 0.2) is 36.7 Å². The number of nitrogens with zero attached hydrogens (tertiary/aromatic N) is 1. The summed E-state index contributed by atoms with van der Waals surface area (Å²) in [5.41, 5.74) is 3.65. The molecule has 14 heteroatoms. The number of rotatable bonds is 7. The summed E-state index contributed by atoms with van der Waals surface area (Å²) in [5.74, 6) is -2.72. The molecule has 0 bridgehead atoms. The Balaban J connectivity index is 0.00000500. The van der Waals surface area contributed by atoms with Crippen LogP contribution in [0.25, 0.3) is 32.6 Å². The molecule has 4 aromatic rings. The summed E-state index contributed by atoms with van der Waals surface area (Å²) in [7, 11) is 0. The van der Waals surface area contributed by atoms with Gasteiger partial charge in [0.05, 0.1) is 5.52 Å². The fraction of sp³-hybridized carbons (Fsp3) is 0.394. The molecule has 0 unspecified atom stereocenters. The highest BCUT2D eigenvalue weighted by molar-refractivity contribution is 6.16. The molecule has 0 aliphatic carbocycles. The van der Waals surface area contributed by atoms with Crippen LogP contribution < -0.4 is 26.3 Å². The van der Waals surface area contributed by atoms with E-state index in [4.69, 9.17) is 28.4 Å². The molecule has 5 atom stereocenters. The Morgan fingerprint density at radius 2 is 1.40 bits per heavy atom. The zero-order valence-electron chi connectivity index (χ0n) is 26.9. The summed E-state index contributed by atoms with van der Waals surface area (Å²) >= 11 is 0. The number of ether oxygens (including phenoxy) is 6. The third-order valence-electron chi connectivity index (χ3n) is 7.83. The van der Waals surface area contributed by atoms with Crippen molar-refractivity contribution in [3.63, 3.8) is 0 Å². The Morgan fingerprint density at radius 3 is 2.02 bits per heavy atom. The number of esters is 5. The number of halogens is 1. The van der Waals surface area contributed by atoms with E-state index in [2.05, 4.69) is 4.98 Å². The van der Waals surface area contributed by atoms with E-state index in [1.807, 2.05) is 38.2 Å². The highest BCUT2D eigenvalue weighted by atomic mass is 79.9. The van der Waals surface area contributed by atoms with Crippen molar-refractivity contribution in [1.82, 2.24) is 4.98 Å². The van der Waals surface area contributed by atoms with Crippen LogP contribution in [0.3, 0.4) is 0 Å². The first-order valence-corrected chi connectivity index (χ1v) is 14.6. The molecular formula is C33H35BrN2O11. The van der Waals surface area contributed by atoms with Crippen LogP contribution in [0.5, 0.6) is 5.75 Å². The number of pyridine rings is 1. The van der Waals surface area contributed by atoms with Crippen molar-refractivity contribution in [3.05, 3.63) is 47.8 Å². The molecule has 1 N–H and O–H groups in total. The Kier molecular flexibility index (Phi) is 10.6. The summed E-state index contributed by atoms with van der Waals surface area (Å²) in [6.07, 6.45) is -2.44. The first kappa shape index (κ1) is 35.3. The second-order valence-corrected chi connectivity index (χ2v) is 11.2. The normalized spacial score (nSPS) is 20.7. The summed E-state index contributed by atoms with van der Waals surface area (Å²) in [5, 5.41) is 3.55. The van der Waals surface area contributed by atoms with E-state index in [1.165, 1.54) is 34.6 Å². The standard InChI is InChI=1S/C33H34N2O11.BrH/c1-15-25-13-35(11-10-23(25)16(2)29-28(15)24-12-22(42-18(4)37)8-9-26(24)34-29)33-32(45-21(7)40)31(44-20(6)39)30(43-19(5)38)27(46-33)14-41-17(3)36;/h8-13,27,30-33H,14H2,1-7H3;1H/t27-,30-,31+,32+,33+;/m1./s1. The predicted octanol–water partition coefficient (Wildman–Crippen LogP) is 0.564. The second kappa shape index (κ2) is 14.1. The van der Waals surface area contributed by atoms with Crippen LogP contribution in [-0.2, 0) is 47.7 Å². The van der Waals surface area contributed by atoms with E-state index in [-0.39, 0.29) is 23.6 Å². The smallest absolute Gasteiger partial charge is 0.308 e. The van der Waals surface area contributed by atoms with Gasteiger partial charge in [-0.05, 0) is 48.6 Å². The summed E-state index contributed by atoms with van der Waals surface area (Å²) in [6, 6.07) is 7.28. The average Bonchev–Trinajstić information content (AvgIpc) is 3.35. The molecule has 0 amide bonds. The van der Waals surface area contributed by atoms with E-state index in [0.717, 1.165) is 43.7 Å². The van der Waals surface area contributed by atoms with Gasteiger partial charge in [-0.1, -0.05) is 0 Å². The minimum absolute atomic E-state index is 0. The molecule has 2 aromatic heterocycles. The van der Waals surface area contributed by atoms with Crippen molar-refractivity contribution >= 4 is 62.4 Å². The van der Waals surface area contributed by atoms with Gasteiger partial charge in [-0.3, -0.25) is 24.0 Å². The Morgan fingerprint density at radius 1 is 0.766 bits per heavy atom. The average molecular weight is 716 g/mol. The number of carbonyl (C=O) groups is 5. The minimum atomic E-state index is -1.30. The molecular weight excluding hydrogens is 680 g/mol. The number of aromatic amines is 1. The lowest BCUT2D eigenvalue weighted by atomic mass is 9.95. The largest absolute Gasteiger partial charge is 1.00 e. The number of carbonyl (C=O) groups excluding carboxylic acids is 5. The van der Waals surface area contributed by atoms with Crippen LogP contribution in [0.4, 0.5) is 0 Å². The van der Waals surface area contributed by atoms with Gasteiger partial charge in [-0.25, -0.2) is 0 Å². The van der Waals surface area contributed by atoms with Crippen LogP contribution in [0, 0.1) is 13.8 Å². The van der Waals surface area contributed by atoms with Crippen molar-refractivity contribution in [2.75, 3.05) is 6.61 Å². The van der Waals surface area contributed by atoms with Crippen molar-refractivity contribution < 1.29 is 73.9 Å². The van der Waals surface area contributed by atoms with Gasteiger partial charge < -0.3 is 50.4 Å². The number of nitrogens with one attached hydrogen (secondary N) is 1. The van der Waals surface area contributed by atoms with Gasteiger partial charge in [0, 0.05) is 62.4 Å². The van der Waals surface area contributed by atoms with Gasteiger partial charge in [-0.2, -0.15) is 4.57 Å². The Bertz CT molecular complexity index is 1900. The summed E-state index contributed by atoms with van der Waals surface area (Å²) in [6.45, 7) is 9.73. The van der Waals surface area contributed by atoms with E-state index in [0.29, 0.717) is 5.75 Å². The molecule has 3 heterocycles. The maximum absolute atomic E-state index is 12.4. The van der Waals surface area contributed by atoms with E-state index in [1.54, 1.807) is 16.8 Å². The Labute approximate surface area is 280 Å². The van der Waals surface area contributed by atoms with Gasteiger partial charge in [0.1, 0.15) is 18.5 Å². The monoisotopic (exact) mass is 714 g/mol. The third-order valence-corrected chi connectivity index (χ3v) is 7.83. The maximum atomic E-state index is 12.4. The molecule has 0 saturated carbocycles. The number of fused-ring (bicyclic) bond motifs is 4. The highest BCUT2D eigenvalue weighted by Gasteiger charge is 2.56. The number of hydrogen-bond acceptors (Lipinski definition) is 11. The van der Waals surface area contributed by atoms with Crippen LogP contribution >= 0.6 is 0 Å². The van der Waals surface area contributed by atoms with Gasteiger partial charge in [-0.15, -0.1) is 0 Å². The molecule has 1 aliphatic heterocycles. The van der Waals surface area contributed by atoms with Crippen molar-refractivity contribution in [2.45, 2.75) is 79.1 Å². The molecule has 0 radical (unpaired) electrons. The lowest BCUT2D eigenvalue weighted by Gasteiger charge is -2.41. The molecule has 5 rings (SSSR count). The van der Waals surface area contributed by atoms with Gasteiger partial charge in [0.2, 0.25) is 6.10 Å². The van der Waals surface area contributed by atoms with E-state index < -0.39 is 60.5 Å². The number of hydrogen-bond donors (Lipinski definition) is 1. The number of benzene rings is 2. The number of H-pyrrole nitrogens is 1. The molecule has 47 heavy (non-hydrogen) atoms. The fourth-order valence-electron chi connectivity index (χ4n) is 6.08. The zero-order chi connectivity index (χ0) is 33.4. The van der Waals surface area contributed by atoms with Crippen molar-refractivity contribution in [3.8, 4) is 5.75 Å². The highest BCUT2D eigenvalue weighted by Crippen LogP contribution is 2.38. The quantitative estimate of drug-likeness (QED) is 0.123. The minimum Gasteiger partial charge on any atom is -1.00 e. The summed E-state index contributed by atoms with van der Waals surface area (Å²) in [4.78, 5) is 63.6. The van der Waals surface area contributed by atoms with E-state index in [9.17, 15) is 24.0 Å². The zero-order valence-corrected chi connectivity index (χ0v) is 28.5. The van der Waals surface area contributed by atoms with Crippen LogP contribution in [-0.4, -0.2) is 65.9 Å². The third kappa shape index (κ3) is 7.23. The number of aryl methyl sites for hydroxylation is 2. The fourth-order valence-corrected chi connectivity index (χ4v) is 6.08.